The second-order valence-electron chi connectivity index (χ2n) is 5.87. The van der Waals surface area contributed by atoms with Crippen molar-refractivity contribution in [2.45, 2.75) is 31.7 Å². The van der Waals surface area contributed by atoms with Crippen LogP contribution in [0.1, 0.15) is 35.3 Å². The average Bonchev–Trinajstić information content (AvgIpc) is 3.12. The van der Waals surface area contributed by atoms with E-state index in [2.05, 4.69) is 15.6 Å². The van der Waals surface area contributed by atoms with Crippen molar-refractivity contribution < 1.29 is 29.4 Å². The highest BCUT2D eigenvalue weighted by molar-refractivity contribution is 7.14. The smallest absolute Gasteiger partial charge is 0.326 e. The third kappa shape index (κ3) is 6.80. The summed E-state index contributed by atoms with van der Waals surface area (Å²) in [4.78, 5) is 49.8. The fraction of sp³-hybridized carbons (Fsp3) is 0.278. The van der Waals surface area contributed by atoms with Crippen LogP contribution in [0.3, 0.4) is 0 Å². The van der Waals surface area contributed by atoms with E-state index in [1.54, 1.807) is 0 Å². The van der Waals surface area contributed by atoms with E-state index < -0.39 is 30.3 Å². The Bertz CT molecular complexity index is 852. The van der Waals surface area contributed by atoms with Gasteiger partial charge in [-0.3, -0.25) is 14.4 Å². The molecule has 2 amide bonds. The van der Waals surface area contributed by atoms with Gasteiger partial charge in [-0.1, -0.05) is 30.3 Å². The van der Waals surface area contributed by atoms with Crippen LogP contribution in [0.4, 0.5) is 5.13 Å². The molecule has 0 spiro atoms. The molecule has 1 aromatic carbocycles. The lowest BCUT2D eigenvalue weighted by atomic mass is 10.1. The Hall–Kier alpha value is -3.27. The molecule has 10 heteroatoms. The van der Waals surface area contributed by atoms with E-state index in [9.17, 15) is 19.2 Å². The summed E-state index contributed by atoms with van der Waals surface area (Å²) in [6, 6.07) is 8.17. The van der Waals surface area contributed by atoms with Crippen molar-refractivity contribution >= 4 is 40.2 Å². The van der Waals surface area contributed by atoms with E-state index in [1.807, 2.05) is 30.3 Å². The monoisotopic (exact) mass is 405 g/mol. The number of rotatable bonds is 10. The van der Waals surface area contributed by atoms with Crippen LogP contribution >= 0.6 is 11.3 Å². The first-order chi connectivity index (χ1) is 13.3. The van der Waals surface area contributed by atoms with E-state index in [0.717, 1.165) is 16.9 Å². The number of carboxylic acids is 2. The Kier molecular flexibility index (Phi) is 7.64. The maximum absolute atomic E-state index is 12.1. The standard InChI is InChI=1S/C18H19N3O6S/c22-14(8-6-11-4-2-1-3-5-11)21-18-20-13(10-28-18)16(25)19-12(17(26)27)7-9-15(23)24/h1-5,10,12H,6-9H2,(H,19,25)(H,23,24)(H,26,27)(H,20,21,22). The number of carbonyl (C=O) groups excluding carboxylic acids is 2. The number of amides is 2. The molecule has 0 aliphatic rings. The number of anilines is 1. The molecule has 9 nitrogen and oxygen atoms in total. The third-order valence-electron chi connectivity index (χ3n) is 3.72. The predicted molar refractivity (Wildman–Crippen MR) is 101 cm³/mol. The number of carboxylic acid groups (broad SMARTS) is 2. The van der Waals surface area contributed by atoms with Crippen molar-refractivity contribution in [1.29, 1.82) is 0 Å². The molecular formula is C18H19N3O6S. The minimum Gasteiger partial charge on any atom is -0.481 e. The lowest BCUT2D eigenvalue weighted by Crippen LogP contribution is -2.41. The highest BCUT2D eigenvalue weighted by atomic mass is 32.1. The van der Waals surface area contributed by atoms with Crippen LogP contribution in [0.2, 0.25) is 0 Å². The van der Waals surface area contributed by atoms with E-state index in [4.69, 9.17) is 10.2 Å². The second-order valence-corrected chi connectivity index (χ2v) is 6.73. The molecule has 0 saturated heterocycles. The fourth-order valence-corrected chi connectivity index (χ4v) is 2.98. The van der Waals surface area contributed by atoms with Gasteiger partial charge in [-0.05, 0) is 18.4 Å². The summed E-state index contributed by atoms with van der Waals surface area (Å²) in [5.41, 5.74) is 0.975. The van der Waals surface area contributed by atoms with Gasteiger partial charge < -0.3 is 20.8 Å². The molecule has 0 aliphatic carbocycles. The zero-order chi connectivity index (χ0) is 20.5. The van der Waals surface area contributed by atoms with Gasteiger partial charge in [0.25, 0.3) is 5.91 Å². The molecule has 2 rings (SSSR count). The Morgan fingerprint density at radius 1 is 1.07 bits per heavy atom. The number of aromatic nitrogens is 1. The van der Waals surface area contributed by atoms with Crippen LogP contribution in [0, 0.1) is 0 Å². The van der Waals surface area contributed by atoms with Crippen molar-refractivity contribution in [3.05, 3.63) is 47.0 Å². The molecule has 1 unspecified atom stereocenters. The topological polar surface area (TPSA) is 146 Å². The van der Waals surface area contributed by atoms with Crippen LogP contribution in [-0.4, -0.2) is 45.0 Å². The Morgan fingerprint density at radius 3 is 2.43 bits per heavy atom. The normalized spacial score (nSPS) is 11.4. The maximum Gasteiger partial charge on any atom is 0.326 e. The van der Waals surface area contributed by atoms with Gasteiger partial charge in [0, 0.05) is 18.2 Å². The summed E-state index contributed by atoms with van der Waals surface area (Å²) in [6.07, 6.45) is 0.178. The molecule has 0 bridgehead atoms. The van der Waals surface area contributed by atoms with Crippen molar-refractivity contribution in [3.63, 3.8) is 0 Å². The van der Waals surface area contributed by atoms with E-state index in [1.165, 1.54) is 5.38 Å². The van der Waals surface area contributed by atoms with Crippen LogP contribution in [0.25, 0.3) is 0 Å². The van der Waals surface area contributed by atoms with Gasteiger partial charge in [-0.25, -0.2) is 9.78 Å². The molecule has 0 saturated carbocycles. The molecule has 0 fully saturated rings. The van der Waals surface area contributed by atoms with Gasteiger partial charge in [-0.15, -0.1) is 11.3 Å². The van der Waals surface area contributed by atoms with Crippen LogP contribution in [-0.2, 0) is 20.8 Å². The summed E-state index contributed by atoms with van der Waals surface area (Å²) in [5, 5.41) is 24.2. The number of carbonyl (C=O) groups is 4. The number of hydrogen-bond donors (Lipinski definition) is 4. The molecule has 1 heterocycles. The Balaban J connectivity index is 1.87. The zero-order valence-electron chi connectivity index (χ0n) is 14.8. The molecule has 0 radical (unpaired) electrons. The zero-order valence-corrected chi connectivity index (χ0v) is 15.6. The third-order valence-corrected chi connectivity index (χ3v) is 4.47. The number of hydrogen-bond acceptors (Lipinski definition) is 6. The number of aliphatic carboxylic acids is 2. The van der Waals surface area contributed by atoms with Gasteiger partial charge in [-0.2, -0.15) is 0 Å². The van der Waals surface area contributed by atoms with E-state index in [-0.39, 0.29) is 29.6 Å². The number of nitrogens with zero attached hydrogens (tertiary/aromatic N) is 1. The van der Waals surface area contributed by atoms with Crippen molar-refractivity contribution in [2.75, 3.05) is 5.32 Å². The first kappa shape index (κ1) is 21.0. The molecule has 1 aromatic heterocycles. The van der Waals surface area contributed by atoms with Crippen molar-refractivity contribution in [1.82, 2.24) is 10.3 Å². The SMILES string of the molecule is O=C(O)CCC(NC(=O)c1csc(NC(=O)CCc2ccccc2)n1)C(=O)O. The lowest BCUT2D eigenvalue weighted by molar-refractivity contribution is -0.140. The number of thiazole rings is 1. The van der Waals surface area contributed by atoms with Gasteiger partial charge in [0.2, 0.25) is 5.91 Å². The number of aryl methyl sites for hydroxylation is 1. The maximum atomic E-state index is 12.1. The summed E-state index contributed by atoms with van der Waals surface area (Å²) in [7, 11) is 0. The molecule has 0 aliphatic heterocycles. The molecule has 1 atom stereocenters. The Labute approximate surface area is 164 Å². The summed E-state index contributed by atoms with van der Waals surface area (Å²) in [6.45, 7) is 0. The average molecular weight is 405 g/mol. The van der Waals surface area contributed by atoms with Gasteiger partial charge in [0.1, 0.15) is 11.7 Å². The predicted octanol–water partition coefficient (Wildman–Crippen LogP) is 1.76. The molecule has 148 valence electrons. The molecular weight excluding hydrogens is 386 g/mol. The lowest BCUT2D eigenvalue weighted by Gasteiger charge is -2.12. The minimum atomic E-state index is -1.34. The van der Waals surface area contributed by atoms with Crippen LogP contribution in [0.5, 0.6) is 0 Å². The van der Waals surface area contributed by atoms with Crippen molar-refractivity contribution in [3.8, 4) is 0 Å². The summed E-state index contributed by atoms with van der Waals surface area (Å²) in [5.74, 6) is -3.50. The number of nitrogens with one attached hydrogen (secondary N) is 2. The van der Waals surface area contributed by atoms with E-state index >= 15 is 0 Å². The summed E-state index contributed by atoms with van der Waals surface area (Å²) < 4.78 is 0. The first-order valence-corrected chi connectivity index (χ1v) is 9.28. The highest BCUT2D eigenvalue weighted by Crippen LogP contribution is 2.16. The first-order valence-electron chi connectivity index (χ1n) is 8.40. The summed E-state index contributed by atoms with van der Waals surface area (Å²) >= 11 is 1.04. The largest absolute Gasteiger partial charge is 0.481 e. The molecule has 4 N–H and O–H groups in total. The molecule has 28 heavy (non-hydrogen) atoms. The van der Waals surface area contributed by atoms with Gasteiger partial charge >= 0.3 is 11.9 Å². The minimum absolute atomic E-state index is 0.0510. The van der Waals surface area contributed by atoms with Crippen molar-refractivity contribution in [2.24, 2.45) is 0 Å². The second kappa shape index (κ2) is 10.2. The van der Waals surface area contributed by atoms with E-state index in [0.29, 0.717) is 6.42 Å². The Morgan fingerprint density at radius 2 is 1.79 bits per heavy atom. The quantitative estimate of drug-likeness (QED) is 0.471. The van der Waals surface area contributed by atoms with Gasteiger partial charge in [0.05, 0.1) is 0 Å². The fourth-order valence-electron chi connectivity index (χ4n) is 2.28. The van der Waals surface area contributed by atoms with Crippen LogP contribution < -0.4 is 10.6 Å². The van der Waals surface area contributed by atoms with Gasteiger partial charge in [0.15, 0.2) is 5.13 Å². The van der Waals surface area contributed by atoms with Crippen LogP contribution in [0.15, 0.2) is 35.7 Å². The number of benzene rings is 1. The molecule has 2 aromatic rings. The highest BCUT2D eigenvalue weighted by Gasteiger charge is 2.23.